The van der Waals surface area contributed by atoms with Gasteiger partial charge in [-0.05, 0) is 6.42 Å². The average Bonchev–Trinajstić information content (AvgIpc) is 2.45. The van der Waals surface area contributed by atoms with E-state index in [1.54, 1.807) is 0 Å². The molecule has 0 spiro atoms. The number of pyridine rings is 1. The Morgan fingerprint density at radius 3 is 2.67 bits per heavy atom. The van der Waals surface area contributed by atoms with Gasteiger partial charge in [-0.2, -0.15) is 0 Å². The Morgan fingerprint density at radius 2 is 2.19 bits per heavy atom. The lowest BCUT2D eigenvalue weighted by atomic mass is 10.2. The van der Waals surface area contributed by atoms with Gasteiger partial charge in [0, 0.05) is 19.7 Å². The summed E-state index contributed by atoms with van der Waals surface area (Å²) in [6.07, 6.45) is 1.64. The quantitative estimate of drug-likeness (QED) is 0.558. The SMILES string of the molecule is CCCN(CC(=O)NC)c1ncc([N+](=O)[O-])cc1C(=O)O. The Labute approximate surface area is 120 Å². The van der Waals surface area contributed by atoms with Crippen molar-refractivity contribution in [1.82, 2.24) is 10.3 Å². The number of nitrogens with one attached hydrogen (secondary N) is 1. The lowest BCUT2D eigenvalue weighted by molar-refractivity contribution is -0.385. The summed E-state index contributed by atoms with van der Waals surface area (Å²) >= 11 is 0. The van der Waals surface area contributed by atoms with E-state index in [2.05, 4.69) is 10.3 Å². The number of nitrogens with zero attached hydrogens (tertiary/aromatic N) is 3. The minimum atomic E-state index is -1.33. The summed E-state index contributed by atoms with van der Waals surface area (Å²) in [7, 11) is 1.47. The second kappa shape index (κ2) is 7.17. The molecule has 0 atom stereocenters. The highest BCUT2D eigenvalue weighted by atomic mass is 16.6. The van der Waals surface area contributed by atoms with Crippen molar-refractivity contribution in [1.29, 1.82) is 0 Å². The Kier molecular flexibility index (Phi) is 5.58. The van der Waals surface area contributed by atoms with Crippen LogP contribution in [0.3, 0.4) is 0 Å². The van der Waals surface area contributed by atoms with Gasteiger partial charge in [-0.1, -0.05) is 6.92 Å². The summed E-state index contributed by atoms with van der Waals surface area (Å²) in [5.41, 5.74) is -0.714. The number of amides is 1. The molecule has 0 aliphatic heterocycles. The predicted molar refractivity (Wildman–Crippen MR) is 74.4 cm³/mol. The molecule has 9 heteroatoms. The third-order valence-corrected chi connectivity index (χ3v) is 2.70. The van der Waals surface area contributed by atoms with Crippen LogP contribution in [0.5, 0.6) is 0 Å². The van der Waals surface area contributed by atoms with Crippen molar-refractivity contribution < 1.29 is 19.6 Å². The number of hydrogen-bond donors (Lipinski definition) is 2. The second-order valence-corrected chi connectivity index (χ2v) is 4.22. The van der Waals surface area contributed by atoms with Gasteiger partial charge in [0.1, 0.15) is 17.6 Å². The Morgan fingerprint density at radius 1 is 1.52 bits per heavy atom. The molecular weight excluding hydrogens is 280 g/mol. The number of likely N-dealkylation sites (N-methyl/N-ethyl adjacent to an activating group) is 1. The van der Waals surface area contributed by atoms with Gasteiger partial charge >= 0.3 is 5.97 Å². The molecule has 1 rings (SSSR count). The van der Waals surface area contributed by atoms with Crippen molar-refractivity contribution in [2.75, 3.05) is 25.0 Å². The number of aromatic nitrogens is 1. The van der Waals surface area contributed by atoms with Crippen LogP contribution < -0.4 is 10.2 Å². The highest BCUT2D eigenvalue weighted by molar-refractivity contribution is 5.95. The fourth-order valence-electron chi connectivity index (χ4n) is 1.74. The van der Waals surface area contributed by atoms with Gasteiger partial charge in [0.05, 0.1) is 11.5 Å². The molecule has 2 N–H and O–H groups in total. The van der Waals surface area contributed by atoms with Crippen LogP contribution in [0.1, 0.15) is 23.7 Å². The molecule has 21 heavy (non-hydrogen) atoms. The first kappa shape index (κ1) is 16.3. The summed E-state index contributed by atoms with van der Waals surface area (Å²) in [6, 6.07) is 0.942. The molecule has 1 aromatic rings. The zero-order valence-electron chi connectivity index (χ0n) is 11.7. The number of hydrogen-bond acceptors (Lipinski definition) is 6. The van der Waals surface area contributed by atoms with Crippen molar-refractivity contribution in [3.05, 3.63) is 27.9 Å². The van der Waals surface area contributed by atoms with Crippen LogP contribution in [0.4, 0.5) is 11.5 Å². The van der Waals surface area contributed by atoms with Gasteiger partial charge in [0.15, 0.2) is 0 Å². The van der Waals surface area contributed by atoms with Crippen LogP contribution in [0.25, 0.3) is 0 Å². The maximum absolute atomic E-state index is 11.5. The fourth-order valence-corrected chi connectivity index (χ4v) is 1.74. The van der Waals surface area contributed by atoms with Gasteiger partial charge in [-0.3, -0.25) is 14.9 Å². The first-order valence-corrected chi connectivity index (χ1v) is 6.24. The molecule has 1 heterocycles. The third-order valence-electron chi connectivity index (χ3n) is 2.70. The Balaban J connectivity index is 3.26. The summed E-state index contributed by atoms with van der Waals surface area (Å²) in [6.45, 7) is 2.19. The molecule has 0 aliphatic carbocycles. The number of carbonyl (C=O) groups is 2. The van der Waals surface area contributed by atoms with Gasteiger partial charge < -0.3 is 15.3 Å². The normalized spacial score (nSPS) is 10.0. The van der Waals surface area contributed by atoms with Crippen LogP contribution in [-0.4, -0.2) is 47.0 Å². The maximum atomic E-state index is 11.5. The van der Waals surface area contributed by atoms with E-state index < -0.39 is 16.6 Å². The van der Waals surface area contributed by atoms with E-state index in [9.17, 15) is 24.8 Å². The second-order valence-electron chi connectivity index (χ2n) is 4.22. The largest absolute Gasteiger partial charge is 0.478 e. The molecule has 114 valence electrons. The summed E-state index contributed by atoms with van der Waals surface area (Å²) in [4.78, 5) is 38.1. The molecule has 0 saturated carbocycles. The van der Waals surface area contributed by atoms with Crippen LogP contribution in [-0.2, 0) is 4.79 Å². The lowest BCUT2D eigenvalue weighted by Crippen LogP contribution is -2.37. The predicted octanol–water partition coefficient (Wildman–Crippen LogP) is 0.650. The number of carbonyl (C=O) groups excluding carboxylic acids is 1. The van der Waals surface area contributed by atoms with Crippen LogP contribution in [0.2, 0.25) is 0 Å². The average molecular weight is 296 g/mol. The molecule has 0 bridgehead atoms. The highest BCUT2D eigenvalue weighted by Crippen LogP contribution is 2.22. The van der Waals surface area contributed by atoms with Crippen LogP contribution >= 0.6 is 0 Å². The number of rotatable bonds is 7. The number of nitro groups is 1. The number of anilines is 1. The van der Waals surface area contributed by atoms with E-state index >= 15 is 0 Å². The summed E-state index contributed by atoms with van der Waals surface area (Å²) < 4.78 is 0. The van der Waals surface area contributed by atoms with Crippen molar-refractivity contribution >= 4 is 23.4 Å². The maximum Gasteiger partial charge on any atom is 0.339 e. The highest BCUT2D eigenvalue weighted by Gasteiger charge is 2.22. The zero-order chi connectivity index (χ0) is 16.0. The molecule has 0 aromatic carbocycles. The Hall–Kier alpha value is -2.71. The lowest BCUT2D eigenvalue weighted by Gasteiger charge is -2.23. The molecule has 0 unspecified atom stereocenters. The minimum absolute atomic E-state index is 0.0403. The molecule has 1 aromatic heterocycles. The molecule has 0 aliphatic rings. The first-order valence-electron chi connectivity index (χ1n) is 6.24. The Bertz CT molecular complexity index is 561. The standard InChI is InChI=1S/C12H16N4O5/c1-3-4-15(7-10(17)13-2)11-9(12(18)19)5-8(6-14-11)16(20)21/h5-6H,3-4,7H2,1-2H3,(H,13,17)(H,18,19). The third kappa shape index (κ3) is 4.13. The van der Waals surface area contributed by atoms with Crippen molar-refractivity contribution in [3.8, 4) is 0 Å². The van der Waals surface area contributed by atoms with Crippen molar-refractivity contribution in [3.63, 3.8) is 0 Å². The van der Waals surface area contributed by atoms with Gasteiger partial charge in [0.25, 0.3) is 5.69 Å². The van der Waals surface area contributed by atoms with E-state index in [1.165, 1.54) is 11.9 Å². The number of aromatic carboxylic acids is 1. The molecule has 0 fully saturated rings. The summed E-state index contributed by atoms with van der Waals surface area (Å²) in [5, 5.41) is 22.3. The van der Waals surface area contributed by atoms with Crippen molar-refractivity contribution in [2.24, 2.45) is 0 Å². The summed E-state index contributed by atoms with van der Waals surface area (Å²) in [5.74, 6) is -1.60. The molecule has 1 amide bonds. The van der Waals surface area contributed by atoms with E-state index in [0.29, 0.717) is 13.0 Å². The minimum Gasteiger partial charge on any atom is -0.478 e. The number of carboxylic acids is 1. The fraction of sp³-hybridized carbons (Fsp3) is 0.417. The van der Waals surface area contributed by atoms with E-state index in [4.69, 9.17) is 0 Å². The van der Waals surface area contributed by atoms with Gasteiger partial charge in [0.2, 0.25) is 5.91 Å². The molecule has 0 radical (unpaired) electrons. The van der Waals surface area contributed by atoms with Crippen LogP contribution in [0, 0.1) is 10.1 Å². The smallest absolute Gasteiger partial charge is 0.339 e. The number of carboxylic acid groups (broad SMARTS) is 1. The molecule has 0 saturated heterocycles. The molecular formula is C12H16N4O5. The van der Waals surface area contributed by atoms with Crippen molar-refractivity contribution in [2.45, 2.75) is 13.3 Å². The molecule has 9 nitrogen and oxygen atoms in total. The van der Waals surface area contributed by atoms with Crippen LogP contribution in [0.15, 0.2) is 12.3 Å². The zero-order valence-corrected chi connectivity index (χ0v) is 11.7. The first-order chi connectivity index (χ1) is 9.90. The van der Waals surface area contributed by atoms with Gasteiger partial charge in [-0.25, -0.2) is 9.78 Å². The van der Waals surface area contributed by atoms with Gasteiger partial charge in [-0.15, -0.1) is 0 Å². The topological polar surface area (TPSA) is 126 Å². The van der Waals surface area contributed by atoms with E-state index in [1.807, 2.05) is 6.92 Å². The van der Waals surface area contributed by atoms with E-state index in [0.717, 1.165) is 12.3 Å². The monoisotopic (exact) mass is 296 g/mol. The van der Waals surface area contributed by atoms with E-state index in [-0.39, 0.29) is 23.8 Å².